The van der Waals surface area contributed by atoms with Crippen LogP contribution in [0.5, 0.6) is 5.75 Å². The smallest absolute Gasteiger partial charge is 0.226 e. The Morgan fingerprint density at radius 2 is 2.31 bits per heavy atom. The second-order valence-corrected chi connectivity index (χ2v) is 3.91. The normalized spacial score (nSPS) is 19.1. The van der Waals surface area contributed by atoms with Crippen molar-refractivity contribution in [3.05, 3.63) is 18.2 Å². The van der Waals surface area contributed by atoms with Gasteiger partial charge in [0.1, 0.15) is 11.4 Å². The van der Waals surface area contributed by atoms with Crippen LogP contribution in [-0.4, -0.2) is 18.6 Å². The highest BCUT2D eigenvalue weighted by Gasteiger charge is 2.19. The lowest BCUT2D eigenvalue weighted by atomic mass is 10.2. The Bertz CT molecular complexity index is 404. The molecule has 0 radical (unpaired) electrons. The maximum atomic E-state index is 11.6. The summed E-state index contributed by atoms with van der Waals surface area (Å²) in [5, 5.41) is 6.17. The molecule has 4 heteroatoms. The molecule has 0 saturated carbocycles. The summed E-state index contributed by atoms with van der Waals surface area (Å²) in [6.07, 6.45) is 0.472. The lowest BCUT2D eigenvalue weighted by Gasteiger charge is -2.14. The number of fused-ring (bicyclic) bond motifs is 1. The summed E-state index contributed by atoms with van der Waals surface area (Å²) >= 11 is 0. The molecule has 0 bridgehead atoms. The number of nitrogens with one attached hydrogen (secondary N) is 2. The average molecular weight is 220 g/mol. The molecule has 0 fully saturated rings. The molecule has 1 aromatic carbocycles. The van der Waals surface area contributed by atoms with E-state index in [1.54, 1.807) is 0 Å². The van der Waals surface area contributed by atoms with Crippen molar-refractivity contribution in [1.82, 2.24) is 0 Å². The molecule has 1 heterocycles. The fourth-order valence-corrected chi connectivity index (χ4v) is 1.84. The van der Waals surface area contributed by atoms with Gasteiger partial charge in [-0.3, -0.25) is 4.79 Å². The van der Waals surface area contributed by atoms with Gasteiger partial charge in [-0.25, -0.2) is 0 Å². The van der Waals surface area contributed by atoms with Crippen LogP contribution in [0.25, 0.3) is 0 Å². The van der Waals surface area contributed by atoms with E-state index in [2.05, 4.69) is 10.6 Å². The summed E-state index contributed by atoms with van der Waals surface area (Å²) in [5.74, 6) is 0.737. The molecule has 16 heavy (non-hydrogen) atoms. The molecule has 1 aliphatic rings. The third-order valence-electron chi connectivity index (χ3n) is 2.48. The first-order valence-electron chi connectivity index (χ1n) is 5.53. The Balaban J connectivity index is 2.40. The number of carbonyl (C=O) groups excluding carboxylic acids is 1. The molecule has 1 unspecified atom stereocenters. The highest BCUT2D eigenvalue weighted by Crippen LogP contribution is 2.35. The number of para-hydroxylation sites is 1. The van der Waals surface area contributed by atoms with Gasteiger partial charge in [-0.1, -0.05) is 6.07 Å². The average Bonchev–Trinajstić information content (AvgIpc) is 2.36. The highest BCUT2D eigenvalue weighted by atomic mass is 16.5. The summed E-state index contributed by atoms with van der Waals surface area (Å²) < 4.78 is 5.49. The SMILES string of the molecule is CCOc1cccc2c1NC(=O)CC(C)N2. The molecule has 0 saturated heterocycles. The third kappa shape index (κ3) is 2.10. The molecule has 0 spiro atoms. The van der Waals surface area contributed by atoms with Gasteiger partial charge in [0.2, 0.25) is 5.91 Å². The molecule has 1 amide bonds. The predicted molar refractivity (Wildman–Crippen MR) is 63.9 cm³/mol. The zero-order chi connectivity index (χ0) is 11.5. The number of anilines is 2. The summed E-state index contributed by atoms with van der Waals surface area (Å²) in [7, 11) is 0. The number of ether oxygens (including phenoxy) is 1. The van der Waals surface area contributed by atoms with Crippen molar-refractivity contribution < 1.29 is 9.53 Å². The van der Waals surface area contributed by atoms with Crippen LogP contribution < -0.4 is 15.4 Å². The fraction of sp³-hybridized carbons (Fsp3) is 0.417. The number of carbonyl (C=O) groups is 1. The third-order valence-corrected chi connectivity index (χ3v) is 2.48. The number of benzene rings is 1. The molecule has 0 aromatic heterocycles. The van der Waals surface area contributed by atoms with Crippen LogP contribution in [0.1, 0.15) is 20.3 Å². The number of hydrogen-bond acceptors (Lipinski definition) is 3. The maximum absolute atomic E-state index is 11.6. The van der Waals surface area contributed by atoms with E-state index in [1.807, 2.05) is 32.0 Å². The van der Waals surface area contributed by atoms with Gasteiger partial charge in [0.15, 0.2) is 0 Å². The van der Waals surface area contributed by atoms with Gasteiger partial charge in [0.25, 0.3) is 0 Å². The van der Waals surface area contributed by atoms with E-state index in [4.69, 9.17) is 4.74 Å². The minimum atomic E-state index is 0.0194. The van der Waals surface area contributed by atoms with E-state index in [0.717, 1.165) is 17.1 Å². The van der Waals surface area contributed by atoms with Gasteiger partial charge in [0.05, 0.1) is 12.3 Å². The van der Waals surface area contributed by atoms with Crippen molar-refractivity contribution in [3.8, 4) is 5.75 Å². The van der Waals surface area contributed by atoms with Crippen molar-refractivity contribution in [2.24, 2.45) is 0 Å². The van der Waals surface area contributed by atoms with Crippen LogP contribution in [0.15, 0.2) is 18.2 Å². The standard InChI is InChI=1S/C12H16N2O2/c1-3-16-10-6-4-5-9-12(10)14-11(15)7-8(2)13-9/h4-6,8,13H,3,7H2,1-2H3,(H,14,15). The van der Waals surface area contributed by atoms with Crippen LogP contribution in [0.4, 0.5) is 11.4 Å². The molecule has 0 aliphatic carbocycles. The molecular weight excluding hydrogens is 204 g/mol. The molecule has 86 valence electrons. The summed E-state index contributed by atoms with van der Waals surface area (Å²) in [6, 6.07) is 5.86. The summed E-state index contributed by atoms with van der Waals surface area (Å²) in [6.45, 7) is 4.50. The first-order valence-corrected chi connectivity index (χ1v) is 5.53. The van der Waals surface area contributed by atoms with Gasteiger partial charge in [0, 0.05) is 12.5 Å². The van der Waals surface area contributed by atoms with Crippen LogP contribution in [0.3, 0.4) is 0 Å². The lowest BCUT2D eigenvalue weighted by molar-refractivity contribution is -0.116. The highest BCUT2D eigenvalue weighted by molar-refractivity contribution is 5.98. The monoisotopic (exact) mass is 220 g/mol. The van der Waals surface area contributed by atoms with E-state index in [0.29, 0.717) is 13.0 Å². The number of rotatable bonds is 2. The van der Waals surface area contributed by atoms with Crippen molar-refractivity contribution in [2.45, 2.75) is 26.3 Å². The van der Waals surface area contributed by atoms with Crippen molar-refractivity contribution in [3.63, 3.8) is 0 Å². The maximum Gasteiger partial charge on any atom is 0.226 e. The Morgan fingerprint density at radius 3 is 3.06 bits per heavy atom. The molecule has 2 N–H and O–H groups in total. The Labute approximate surface area is 95.0 Å². The van der Waals surface area contributed by atoms with Crippen molar-refractivity contribution in [2.75, 3.05) is 17.2 Å². The molecule has 1 atom stereocenters. The van der Waals surface area contributed by atoms with E-state index in [1.165, 1.54) is 0 Å². The Kier molecular flexibility index (Phi) is 2.99. The minimum absolute atomic E-state index is 0.0194. The Hall–Kier alpha value is -1.71. The van der Waals surface area contributed by atoms with Gasteiger partial charge < -0.3 is 15.4 Å². The molecule has 1 aromatic rings. The Morgan fingerprint density at radius 1 is 1.50 bits per heavy atom. The quantitative estimate of drug-likeness (QED) is 0.803. The molecule has 1 aliphatic heterocycles. The van der Waals surface area contributed by atoms with Gasteiger partial charge >= 0.3 is 0 Å². The zero-order valence-corrected chi connectivity index (χ0v) is 9.54. The number of hydrogen-bond donors (Lipinski definition) is 2. The first kappa shape index (κ1) is 10.8. The van der Waals surface area contributed by atoms with Crippen molar-refractivity contribution >= 4 is 17.3 Å². The lowest BCUT2D eigenvalue weighted by Crippen LogP contribution is -2.18. The van der Waals surface area contributed by atoms with Gasteiger partial charge in [-0.15, -0.1) is 0 Å². The van der Waals surface area contributed by atoms with E-state index in [9.17, 15) is 4.79 Å². The predicted octanol–water partition coefficient (Wildman–Crippen LogP) is 2.23. The minimum Gasteiger partial charge on any atom is -0.492 e. The van der Waals surface area contributed by atoms with Crippen molar-refractivity contribution in [1.29, 1.82) is 0 Å². The zero-order valence-electron chi connectivity index (χ0n) is 9.54. The van der Waals surface area contributed by atoms with E-state index >= 15 is 0 Å². The van der Waals surface area contributed by atoms with Gasteiger partial charge in [-0.05, 0) is 26.0 Å². The largest absolute Gasteiger partial charge is 0.492 e. The second kappa shape index (κ2) is 4.43. The van der Waals surface area contributed by atoms with Crippen LogP contribution in [0.2, 0.25) is 0 Å². The fourth-order valence-electron chi connectivity index (χ4n) is 1.84. The van der Waals surface area contributed by atoms with Crippen LogP contribution in [-0.2, 0) is 4.79 Å². The first-order chi connectivity index (χ1) is 7.70. The summed E-state index contributed by atoms with van der Waals surface area (Å²) in [5.41, 5.74) is 1.67. The summed E-state index contributed by atoms with van der Waals surface area (Å²) in [4.78, 5) is 11.6. The topological polar surface area (TPSA) is 50.4 Å². The molecule has 4 nitrogen and oxygen atoms in total. The van der Waals surface area contributed by atoms with E-state index < -0.39 is 0 Å². The van der Waals surface area contributed by atoms with Gasteiger partial charge in [-0.2, -0.15) is 0 Å². The van der Waals surface area contributed by atoms with Crippen LogP contribution >= 0.6 is 0 Å². The number of amides is 1. The molecule has 2 rings (SSSR count). The molecular formula is C12H16N2O2. The van der Waals surface area contributed by atoms with Crippen LogP contribution in [0, 0.1) is 0 Å². The second-order valence-electron chi connectivity index (χ2n) is 3.91. The van der Waals surface area contributed by atoms with E-state index in [-0.39, 0.29) is 11.9 Å².